The summed E-state index contributed by atoms with van der Waals surface area (Å²) in [4.78, 5) is 27.5. The molecule has 7 nitrogen and oxygen atoms in total. The number of para-hydroxylation sites is 1. The molecule has 3 rings (SSSR count). The van der Waals surface area contributed by atoms with Crippen LogP contribution in [0, 0.1) is 0 Å². The Morgan fingerprint density at radius 1 is 1.43 bits per heavy atom. The molecule has 2 aliphatic heterocycles. The highest BCUT2D eigenvalue weighted by molar-refractivity contribution is 5.99. The van der Waals surface area contributed by atoms with Crippen LogP contribution in [0.25, 0.3) is 0 Å². The first-order valence-corrected chi connectivity index (χ1v) is 6.88. The van der Waals surface area contributed by atoms with Crippen molar-refractivity contribution in [2.45, 2.75) is 6.04 Å². The fourth-order valence-electron chi connectivity index (χ4n) is 3.00. The summed E-state index contributed by atoms with van der Waals surface area (Å²) in [5.41, 5.74) is 7.77. The van der Waals surface area contributed by atoms with Crippen LogP contribution in [-0.4, -0.2) is 56.2 Å². The molecule has 2 amide bonds. The Morgan fingerprint density at radius 3 is 3.00 bits per heavy atom. The lowest BCUT2D eigenvalue weighted by Gasteiger charge is -2.38. The Balaban J connectivity index is 1.91. The molecule has 112 valence electrons. The number of carbonyl (C=O) groups is 2. The molecule has 1 aromatic carbocycles. The molecule has 1 unspecified atom stereocenters. The third-order valence-electron chi connectivity index (χ3n) is 4.02. The van der Waals surface area contributed by atoms with Crippen molar-refractivity contribution >= 4 is 23.4 Å². The van der Waals surface area contributed by atoms with Crippen LogP contribution in [0.3, 0.4) is 0 Å². The number of esters is 1. The van der Waals surface area contributed by atoms with Crippen molar-refractivity contribution in [1.29, 1.82) is 0 Å². The lowest BCUT2D eigenvalue weighted by atomic mass is 10.1. The molecule has 3 N–H and O–H groups in total. The van der Waals surface area contributed by atoms with E-state index in [0.717, 1.165) is 0 Å². The number of nitrogens with zero attached hydrogens (tertiary/aromatic N) is 2. The number of urea groups is 1. The van der Waals surface area contributed by atoms with Crippen LogP contribution >= 0.6 is 0 Å². The number of methoxy groups -OCH3 is 1. The van der Waals surface area contributed by atoms with E-state index in [1.54, 1.807) is 18.2 Å². The van der Waals surface area contributed by atoms with Crippen LogP contribution < -0.4 is 16.0 Å². The van der Waals surface area contributed by atoms with Gasteiger partial charge in [0.2, 0.25) is 0 Å². The predicted octanol–water partition coefficient (Wildman–Crippen LogP) is 0.269. The molecule has 2 saturated heterocycles. The third kappa shape index (κ3) is 2.24. The number of nitrogens with two attached hydrogens (primary N) is 1. The second-order valence-corrected chi connectivity index (χ2v) is 5.21. The minimum Gasteiger partial charge on any atom is -0.465 e. The molecule has 7 heteroatoms. The summed E-state index contributed by atoms with van der Waals surface area (Å²) in [6.07, 6.45) is 0. The molecule has 0 aromatic heterocycles. The zero-order valence-electron chi connectivity index (χ0n) is 11.8. The van der Waals surface area contributed by atoms with Gasteiger partial charge in [-0.15, -0.1) is 0 Å². The van der Waals surface area contributed by atoms with E-state index in [2.05, 4.69) is 10.2 Å². The summed E-state index contributed by atoms with van der Waals surface area (Å²) >= 11 is 0. The molecule has 2 aliphatic rings. The van der Waals surface area contributed by atoms with E-state index in [-0.39, 0.29) is 12.1 Å². The van der Waals surface area contributed by atoms with Gasteiger partial charge in [0, 0.05) is 26.2 Å². The Hall–Kier alpha value is -2.44. The van der Waals surface area contributed by atoms with E-state index in [4.69, 9.17) is 10.5 Å². The van der Waals surface area contributed by atoms with Crippen molar-refractivity contribution in [2.75, 3.05) is 43.9 Å². The van der Waals surface area contributed by atoms with Crippen LogP contribution in [0.2, 0.25) is 0 Å². The Bertz CT molecular complexity index is 590. The molecule has 0 radical (unpaired) electrons. The highest BCUT2D eigenvalue weighted by Gasteiger charge is 2.36. The Kier molecular flexibility index (Phi) is 3.32. The van der Waals surface area contributed by atoms with Gasteiger partial charge in [0.25, 0.3) is 0 Å². The Morgan fingerprint density at radius 2 is 2.24 bits per heavy atom. The van der Waals surface area contributed by atoms with Crippen LogP contribution in [0.15, 0.2) is 18.2 Å². The molecule has 1 aromatic rings. The van der Waals surface area contributed by atoms with Gasteiger partial charge in [0.1, 0.15) is 0 Å². The van der Waals surface area contributed by atoms with Gasteiger partial charge in [-0.25, -0.2) is 9.59 Å². The van der Waals surface area contributed by atoms with Crippen molar-refractivity contribution in [3.63, 3.8) is 0 Å². The maximum atomic E-state index is 11.9. The van der Waals surface area contributed by atoms with Crippen molar-refractivity contribution < 1.29 is 14.3 Å². The lowest BCUT2D eigenvalue weighted by Crippen LogP contribution is -2.52. The van der Waals surface area contributed by atoms with E-state index >= 15 is 0 Å². The van der Waals surface area contributed by atoms with Crippen LogP contribution in [0.5, 0.6) is 0 Å². The van der Waals surface area contributed by atoms with Crippen LogP contribution in [-0.2, 0) is 4.74 Å². The molecule has 0 bridgehead atoms. The first-order valence-electron chi connectivity index (χ1n) is 6.88. The second-order valence-electron chi connectivity index (χ2n) is 5.21. The van der Waals surface area contributed by atoms with Gasteiger partial charge < -0.3 is 25.6 Å². The SMILES string of the molecule is COC(=O)c1cccc(N)c1N1CCN2C(=O)NCC2C1. The van der Waals surface area contributed by atoms with Crippen molar-refractivity contribution in [2.24, 2.45) is 0 Å². The van der Waals surface area contributed by atoms with Gasteiger partial charge in [-0.3, -0.25) is 0 Å². The first-order chi connectivity index (χ1) is 10.1. The largest absolute Gasteiger partial charge is 0.465 e. The molecule has 21 heavy (non-hydrogen) atoms. The zero-order chi connectivity index (χ0) is 15.0. The van der Waals surface area contributed by atoms with Gasteiger partial charge in [-0.1, -0.05) is 6.07 Å². The third-order valence-corrected chi connectivity index (χ3v) is 4.02. The predicted molar refractivity (Wildman–Crippen MR) is 78.3 cm³/mol. The van der Waals surface area contributed by atoms with E-state index in [9.17, 15) is 9.59 Å². The monoisotopic (exact) mass is 290 g/mol. The molecule has 1 atom stereocenters. The Labute approximate surface area is 122 Å². The molecule has 0 spiro atoms. The maximum Gasteiger partial charge on any atom is 0.340 e. The molecular weight excluding hydrogens is 272 g/mol. The summed E-state index contributed by atoms with van der Waals surface area (Å²) in [5.74, 6) is -0.402. The summed E-state index contributed by atoms with van der Waals surface area (Å²) < 4.78 is 4.83. The molecule has 0 aliphatic carbocycles. The number of carbonyl (C=O) groups excluding carboxylic acids is 2. The molecule has 2 heterocycles. The fraction of sp³-hybridized carbons (Fsp3) is 0.429. The van der Waals surface area contributed by atoms with Gasteiger partial charge in [-0.05, 0) is 12.1 Å². The van der Waals surface area contributed by atoms with E-state index in [0.29, 0.717) is 43.1 Å². The number of fused-ring (bicyclic) bond motifs is 1. The highest BCUT2D eigenvalue weighted by Crippen LogP contribution is 2.31. The minimum atomic E-state index is -0.402. The van der Waals surface area contributed by atoms with E-state index < -0.39 is 5.97 Å². The van der Waals surface area contributed by atoms with Crippen molar-refractivity contribution in [3.05, 3.63) is 23.8 Å². The van der Waals surface area contributed by atoms with Gasteiger partial charge in [-0.2, -0.15) is 0 Å². The number of piperazine rings is 1. The maximum absolute atomic E-state index is 11.9. The average molecular weight is 290 g/mol. The summed E-state index contributed by atoms with van der Waals surface area (Å²) in [6, 6.07) is 5.31. The summed E-state index contributed by atoms with van der Waals surface area (Å²) in [7, 11) is 1.35. The summed E-state index contributed by atoms with van der Waals surface area (Å²) in [6.45, 7) is 2.53. The number of hydrogen-bond acceptors (Lipinski definition) is 5. The number of nitrogen functional groups attached to an aromatic ring is 1. The van der Waals surface area contributed by atoms with Crippen molar-refractivity contribution in [3.8, 4) is 0 Å². The highest BCUT2D eigenvalue weighted by atomic mass is 16.5. The minimum absolute atomic E-state index is 0.0196. The zero-order valence-corrected chi connectivity index (χ0v) is 11.8. The summed E-state index contributed by atoms with van der Waals surface area (Å²) in [5, 5.41) is 2.83. The number of amides is 2. The van der Waals surface area contributed by atoms with E-state index in [1.165, 1.54) is 7.11 Å². The molecular formula is C14H18N4O3. The molecule has 0 saturated carbocycles. The number of nitrogens with one attached hydrogen (secondary N) is 1. The number of anilines is 2. The smallest absolute Gasteiger partial charge is 0.340 e. The fourth-order valence-corrected chi connectivity index (χ4v) is 3.00. The van der Waals surface area contributed by atoms with Crippen molar-refractivity contribution in [1.82, 2.24) is 10.2 Å². The average Bonchev–Trinajstić information content (AvgIpc) is 2.87. The topological polar surface area (TPSA) is 87.9 Å². The quantitative estimate of drug-likeness (QED) is 0.603. The van der Waals surface area contributed by atoms with E-state index in [1.807, 2.05) is 4.90 Å². The number of benzene rings is 1. The van der Waals surface area contributed by atoms with Crippen LogP contribution in [0.4, 0.5) is 16.2 Å². The number of hydrogen-bond donors (Lipinski definition) is 2. The van der Waals surface area contributed by atoms with Crippen LogP contribution in [0.1, 0.15) is 10.4 Å². The second kappa shape index (κ2) is 5.16. The molecule has 2 fully saturated rings. The lowest BCUT2D eigenvalue weighted by molar-refractivity contribution is 0.0601. The first kappa shape index (κ1) is 13.5. The normalized spacial score (nSPS) is 21.0. The van der Waals surface area contributed by atoms with Gasteiger partial charge in [0.05, 0.1) is 30.1 Å². The van der Waals surface area contributed by atoms with Gasteiger partial charge >= 0.3 is 12.0 Å². The van der Waals surface area contributed by atoms with Gasteiger partial charge in [0.15, 0.2) is 0 Å². The number of ether oxygens (including phenoxy) is 1. The standard InChI is InChI=1S/C14H18N4O3/c1-21-13(19)10-3-2-4-11(15)12(10)17-5-6-18-9(8-17)7-16-14(18)20/h2-4,9H,5-8,15H2,1H3,(H,16,20). The number of rotatable bonds is 2.